The third-order valence-electron chi connectivity index (χ3n) is 0.881. The molecule has 1 N–H and O–H groups in total. The van der Waals surface area contributed by atoms with Gasteiger partial charge in [-0.3, -0.25) is 5.01 Å². The molecular formula is C5H9N3. The lowest BCUT2D eigenvalue weighted by Gasteiger charge is -2.16. The Labute approximate surface area is 48.6 Å². The molecule has 0 saturated heterocycles. The van der Waals surface area contributed by atoms with Gasteiger partial charge in [0, 0.05) is 13.2 Å². The second-order valence-electron chi connectivity index (χ2n) is 1.84. The summed E-state index contributed by atoms with van der Waals surface area (Å²) in [4.78, 5) is 0. The van der Waals surface area contributed by atoms with Crippen LogP contribution in [0.4, 0.5) is 0 Å². The van der Waals surface area contributed by atoms with Gasteiger partial charge in [-0.05, 0) is 12.5 Å². The molecule has 0 aromatic carbocycles. The summed E-state index contributed by atoms with van der Waals surface area (Å²) in [6.45, 7) is 2.00. The first-order chi connectivity index (χ1) is 3.79. The topological polar surface area (TPSA) is 27.6 Å². The molecular weight excluding hydrogens is 102 g/mol. The van der Waals surface area contributed by atoms with E-state index >= 15 is 0 Å². The predicted octanol–water partition coefficient (Wildman–Crippen LogP) is 0.326. The van der Waals surface area contributed by atoms with Gasteiger partial charge in [-0.2, -0.15) is 5.10 Å². The van der Waals surface area contributed by atoms with Gasteiger partial charge < -0.3 is 0 Å². The molecule has 3 nitrogen and oxygen atoms in total. The molecule has 0 aromatic rings. The highest BCUT2D eigenvalue weighted by Gasteiger charge is 1.92. The zero-order valence-electron chi connectivity index (χ0n) is 5.05. The van der Waals surface area contributed by atoms with Gasteiger partial charge in [0.25, 0.3) is 0 Å². The average Bonchev–Trinajstić information content (AvgIpc) is 1.64. The van der Waals surface area contributed by atoms with Crippen LogP contribution in [-0.4, -0.2) is 18.3 Å². The van der Waals surface area contributed by atoms with Gasteiger partial charge in [-0.15, -0.1) is 0 Å². The van der Waals surface area contributed by atoms with Crippen LogP contribution in [0.25, 0.3) is 0 Å². The smallest absolute Gasteiger partial charge is 0.0532 e. The first-order valence-corrected chi connectivity index (χ1v) is 2.49. The third kappa shape index (κ3) is 0.992. The van der Waals surface area contributed by atoms with E-state index < -0.39 is 0 Å². The van der Waals surface area contributed by atoms with E-state index in [0.29, 0.717) is 0 Å². The summed E-state index contributed by atoms with van der Waals surface area (Å²) in [7, 11) is 1.90. The van der Waals surface area contributed by atoms with Gasteiger partial charge in [-0.1, -0.05) is 0 Å². The van der Waals surface area contributed by atoms with Gasteiger partial charge >= 0.3 is 0 Å². The molecule has 0 aliphatic carbocycles. The first-order valence-electron chi connectivity index (χ1n) is 2.49. The highest BCUT2D eigenvalue weighted by atomic mass is 15.6. The first kappa shape index (κ1) is 5.15. The number of rotatable bonds is 0. The Bertz CT molecular complexity index is 137. The van der Waals surface area contributed by atoms with E-state index in [0.717, 1.165) is 5.57 Å². The van der Waals surface area contributed by atoms with Crippen molar-refractivity contribution < 1.29 is 0 Å². The Morgan fingerprint density at radius 2 is 2.50 bits per heavy atom. The van der Waals surface area contributed by atoms with Gasteiger partial charge in [0.15, 0.2) is 0 Å². The van der Waals surface area contributed by atoms with E-state index in [4.69, 9.17) is 0 Å². The van der Waals surface area contributed by atoms with Crippen LogP contribution in [0.1, 0.15) is 6.92 Å². The second-order valence-corrected chi connectivity index (χ2v) is 1.84. The summed E-state index contributed by atoms with van der Waals surface area (Å²) < 4.78 is 0. The van der Waals surface area contributed by atoms with Crippen LogP contribution in [0, 0.1) is 0 Å². The van der Waals surface area contributed by atoms with E-state index in [2.05, 4.69) is 10.6 Å². The van der Waals surface area contributed by atoms with Crippen LogP contribution < -0.4 is 5.53 Å². The minimum Gasteiger partial charge on any atom is -0.282 e. The van der Waals surface area contributed by atoms with E-state index in [1.165, 1.54) is 0 Å². The van der Waals surface area contributed by atoms with Crippen molar-refractivity contribution in [2.45, 2.75) is 6.92 Å². The van der Waals surface area contributed by atoms with Crippen LogP contribution in [0.3, 0.4) is 0 Å². The molecule has 8 heavy (non-hydrogen) atoms. The van der Waals surface area contributed by atoms with Crippen molar-refractivity contribution >= 4 is 6.21 Å². The van der Waals surface area contributed by atoms with Crippen LogP contribution in [0.15, 0.2) is 16.9 Å². The van der Waals surface area contributed by atoms with Crippen LogP contribution in [-0.2, 0) is 0 Å². The van der Waals surface area contributed by atoms with Gasteiger partial charge in [0.2, 0.25) is 0 Å². The fraction of sp³-hybridized carbons (Fsp3) is 0.400. The molecule has 1 aliphatic rings. The highest BCUT2D eigenvalue weighted by molar-refractivity contribution is 5.77. The molecule has 1 aliphatic heterocycles. The van der Waals surface area contributed by atoms with Crippen molar-refractivity contribution in [1.29, 1.82) is 0 Å². The molecule has 0 aromatic heterocycles. The zero-order chi connectivity index (χ0) is 5.98. The summed E-state index contributed by atoms with van der Waals surface area (Å²) in [5.41, 5.74) is 3.90. The summed E-state index contributed by atoms with van der Waals surface area (Å²) in [6.07, 6.45) is 3.74. The molecule has 0 bridgehead atoms. The number of hydrogen-bond acceptors (Lipinski definition) is 3. The minimum atomic E-state index is 1.16. The maximum absolute atomic E-state index is 3.82. The normalized spacial score (nSPS) is 17.8. The maximum atomic E-state index is 3.82. The molecule has 3 heteroatoms. The Morgan fingerprint density at radius 3 is 2.88 bits per heavy atom. The number of hydrazone groups is 1. The number of nitrogens with one attached hydrogen (secondary N) is 1. The average molecular weight is 111 g/mol. The van der Waals surface area contributed by atoms with Crippen LogP contribution in [0.5, 0.6) is 0 Å². The molecule has 0 radical (unpaired) electrons. The fourth-order valence-electron chi connectivity index (χ4n) is 0.589. The molecule has 1 heterocycles. The standard InChI is InChI=1S/C5H9N3/c1-5-3-6-7-8(2)4-5/h3-4,7H,1-2H3. The molecule has 0 unspecified atom stereocenters. The van der Waals surface area contributed by atoms with Crippen LogP contribution in [0.2, 0.25) is 0 Å². The van der Waals surface area contributed by atoms with Crippen molar-refractivity contribution in [3.63, 3.8) is 0 Å². The van der Waals surface area contributed by atoms with E-state index in [-0.39, 0.29) is 0 Å². The monoisotopic (exact) mass is 111 g/mol. The quantitative estimate of drug-likeness (QED) is 0.487. The van der Waals surface area contributed by atoms with E-state index in [1.807, 2.05) is 20.2 Å². The lowest BCUT2D eigenvalue weighted by molar-refractivity contribution is 0.332. The zero-order valence-corrected chi connectivity index (χ0v) is 5.05. The predicted molar refractivity (Wildman–Crippen MR) is 33.1 cm³/mol. The Balaban J connectivity index is 2.63. The molecule has 0 saturated carbocycles. The number of allylic oxidation sites excluding steroid dienone is 1. The van der Waals surface area contributed by atoms with Gasteiger partial charge in [-0.25, -0.2) is 5.53 Å². The molecule has 0 spiro atoms. The van der Waals surface area contributed by atoms with Crippen LogP contribution >= 0.6 is 0 Å². The Kier molecular flexibility index (Phi) is 1.20. The largest absolute Gasteiger partial charge is 0.282 e. The number of nitrogens with zero attached hydrogens (tertiary/aromatic N) is 2. The molecule has 0 atom stereocenters. The second kappa shape index (κ2) is 1.86. The van der Waals surface area contributed by atoms with Crippen molar-refractivity contribution in [2.24, 2.45) is 5.10 Å². The van der Waals surface area contributed by atoms with E-state index in [1.54, 1.807) is 11.2 Å². The van der Waals surface area contributed by atoms with Gasteiger partial charge in [0.05, 0.1) is 6.21 Å². The molecule has 0 fully saturated rings. The van der Waals surface area contributed by atoms with E-state index in [9.17, 15) is 0 Å². The summed E-state index contributed by atoms with van der Waals surface area (Å²) in [6, 6.07) is 0. The van der Waals surface area contributed by atoms with Crippen molar-refractivity contribution in [1.82, 2.24) is 10.5 Å². The molecule has 44 valence electrons. The lowest BCUT2D eigenvalue weighted by Crippen LogP contribution is -2.27. The van der Waals surface area contributed by atoms with Gasteiger partial charge in [0.1, 0.15) is 0 Å². The van der Waals surface area contributed by atoms with Crippen molar-refractivity contribution in [3.05, 3.63) is 11.8 Å². The minimum absolute atomic E-state index is 1.16. The van der Waals surface area contributed by atoms with Crippen molar-refractivity contribution in [2.75, 3.05) is 7.05 Å². The lowest BCUT2D eigenvalue weighted by atomic mass is 10.3. The Hall–Kier alpha value is -0.990. The summed E-state index contributed by atoms with van der Waals surface area (Å²) >= 11 is 0. The summed E-state index contributed by atoms with van der Waals surface area (Å²) in [5, 5.41) is 5.62. The van der Waals surface area contributed by atoms with Crippen molar-refractivity contribution in [3.8, 4) is 0 Å². The number of hydrogen-bond donors (Lipinski definition) is 1. The fourth-order valence-corrected chi connectivity index (χ4v) is 0.589. The third-order valence-corrected chi connectivity index (χ3v) is 0.881. The molecule has 1 rings (SSSR count). The SMILES string of the molecule is CC1=CN(C)NN=C1. The molecule has 0 amide bonds. The Morgan fingerprint density at radius 1 is 1.75 bits per heavy atom. The highest BCUT2D eigenvalue weighted by Crippen LogP contribution is 1.92. The maximum Gasteiger partial charge on any atom is 0.0532 e. The number of hydrazine groups is 1. The summed E-state index contributed by atoms with van der Waals surface area (Å²) in [5.74, 6) is 0.